The number of allylic oxidation sites excluding steroid dienone is 6. The van der Waals surface area contributed by atoms with E-state index in [1.165, 1.54) is 50.3 Å². The summed E-state index contributed by atoms with van der Waals surface area (Å²) >= 11 is 1.41. The van der Waals surface area contributed by atoms with Gasteiger partial charge in [-0.05, 0) is 0 Å². The molecule has 1 aromatic rings. The van der Waals surface area contributed by atoms with Crippen molar-refractivity contribution in [2.75, 3.05) is 7.11 Å². The summed E-state index contributed by atoms with van der Waals surface area (Å²) in [5, 5.41) is 0. The summed E-state index contributed by atoms with van der Waals surface area (Å²) in [6.45, 7) is 13.1. The van der Waals surface area contributed by atoms with E-state index in [4.69, 9.17) is 9.16 Å². The molecule has 2 aliphatic rings. The Morgan fingerprint density at radius 1 is 1.19 bits per heavy atom. The van der Waals surface area contributed by atoms with Crippen LogP contribution in [0.3, 0.4) is 0 Å². The summed E-state index contributed by atoms with van der Waals surface area (Å²) in [7, 11) is 0.00662. The van der Waals surface area contributed by atoms with E-state index in [-0.39, 0.29) is 24.8 Å². The molecule has 6 heteroatoms. The Labute approximate surface area is 185 Å². The molecular weight excluding hydrogens is 462 g/mol. The number of ether oxygens (including phenoxy) is 1. The van der Waals surface area contributed by atoms with Gasteiger partial charge < -0.3 is 24.8 Å². The average molecular weight is 486 g/mol. The predicted octanol–water partition coefficient (Wildman–Crippen LogP) is -0.604. The van der Waals surface area contributed by atoms with Crippen molar-refractivity contribution in [1.29, 1.82) is 0 Å². The van der Waals surface area contributed by atoms with E-state index in [9.17, 15) is 0 Å². The summed E-state index contributed by atoms with van der Waals surface area (Å²) in [6, 6.07) is 2.17. The van der Waals surface area contributed by atoms with Gasteiger partial charge in [0.1, 0.15) is 0 Å². The van der Waals surface area contributed by atoms with E-state index >= 15 is 0 Å². The van der Waals surface area contributed by atoms with Gasteiger partial charge in [-0.2, -0.15) is 0 Å². The van der Waals surface area contributed by atoms with Gasteiger partial charge in [0.2, 0.25) is 0 Å². The van der Waals surface area contributed by atoms with Crippen LogP contribution < -0.4 is 34.0 Å². The largest absolute Gasteiger partial charge is 1.00 e. The molecule has 0 radical (unpaired) electrons. The third-order valence-corrected chi connectivity index (χ3v) is 6.43. The topological polar surface area (TPSA) is 18.5 Å². The number of rotatable bonds is 4. The summed E-state index contributed by atoms with van der Waals surface area (Å²) in [6.07, 6.45) is 7.54. The summed E-state index contributed by atoms with van der Waals surface area (Å²) < 4.78 is 13.4. The first-order valence-electron chi connectivity index (χ1n) is 8.17. The van der Waals surface area contributed by atoms with E-state index in [1.807, 2.05) is 0 Å². The Morgan fingerprint density at radius 3 is 2.35 bits per heavy atom. The second kappa shape index (κ2) is 8.65. The normalized spacial score (nSPS) is 15.3. The van der Waals surface area contributed by atoms with Gasteiger partial charge in [-0.1, -0.05) is 0 Å². The molecule has 0 aliphatic heterocycles. The first-order valence-corrected chi connectivity index (χ1v) is 12.8. The zero-order chi connectivity index (χ0) is 17.6. The van der Waals surface area contributed by atoms with E-state index in [1.54, 1.807) is 7.11 Å². The minimum absolute atomic E-state index is 0. The molecule has 26 heavy (non-hydrogen) atoms. The van der Waals surface area contributed by atoms with Crippen LogP contribution in [-0.4, -0.2) is 15.4 Å². The van der Waals surface area contributed by atoms with Crippen molar-refractivity contribution in [3.8, 4) is 11.5 Å². The van der Waals surface area contributed by atoms with E-state index in [0.717, 1.165) is 29.1 Å². The predicted molar refractivity (Wildman–Crippen MR) is 99.5 cm³/mol. The number of benzene rings is 1. The van der Waals surface area contributed by atoms with Crippen molar-refractivity contribution in [3.05, 3.63) is 58.7 Å². The first-order chi connectivity index (χ1) is 11.2. The molecule has 3 rings (SSSR count). The van der Waals surface area contributed by atoms with E-state index in [2.05, 4.69) is 57.4 Å². The van der Waals surface area contributed by atoms with Crippen LogP contribution in [0.2, 0.25) is 19.6 Å². The van der Waals surface area contributed by atoms with Crippen LogP contribution in [0, 0.1) is 6.92 Å². The van der Waals surface area contributed by atoms with E-state index in [0.29, 0.717) is 0 Å². The smallest absolute Gasteiger partial charge is 1.00 e. The molecule has 0 unspecified atom stereocenters. The molecule has 2 aliphatic carbocycles. The zero-order valence-corrected chi connectivity index (χ0v) is 20.8. The molecule has 0 saturated carbocycles. The number of fused-ring (bicyclic) bond motifs is 1. The summed E-state index contributed by atoms with van der Waals surface area (Å²) in [4.78, 5) is 0. The third-order valence-electron chi connectivity index (χ3n) is 4.32. The van der Waals surface area contributed by atoms with Crippen molar-refractivity contribution in [3.63, 3.8) is 0 Å². The number of hydrogen-bond donors (Lipinski definition) is 0. The van der Waals surface area contributed by atoms with Gasteiger partial charge in [0, 0.05) is 0 Å². The SMILES string of the molecule is C=C1C(C2=CC=CC2)=[C]([Zr+2])c2cc(O[Si](C)(C)C)c(OC)c(C)c21.[Cl-].[Cl-]. The molecule has 0 amide bonds. The van der Waals surface area contributed by atoms with Crippen molar-refractivity contribution >= 4 is 17.2 Å². The number of methoxy groups -OCH3 is 1. The third kappa shape index (κ3) is 4.14. The van der Waals surface area contributed by atoms with Crippen LogP contribution in [-0.2, 0) is 24.7 Å². The fraction of sp³-hybridized carbons (Fsp3) is 0.300. The molecule has 0 aromatic heterocycles. The summed E-state index contributed by atoms with van der Waals surface area (Å²) in [5.41, 5.74) is 7.45. The molecular formula is C20H23Cl2O2SiZr. The van der Waals surface area contributed by atoms with Gasteiger partial charge in [-0.3, -0.25) is 0 Å². The second-order valence-corrected chi connectivity index (χ2v) is 12.9. The first kappa shape index (κ1) is 23.5. The molecule has 0 atom stereocenters. The van der Waals surface area contributed by atoms with E-state index < -0.39 is 8.32 Å². The molecule has 137 valence electrons. The molecule has 2 nitrogen and oxygen atoms in total. The molecule has 0 heterocycles. The van der Waals surface area contributed by atoms with Gasteiger partial charge in [-0.15, -0.1) is 0 Å². The maximum Gasteiger partial charge on any atom is -1.00 e. The monoisotopic (exact) mass is 483 g/mol. The number of hydrogen-bond acceptors (Lipinski definition) is 2. The molecule has 0 fully saturated rings. The quantitative estimate of drug-likeness (QED) is 0.531. The van der Waals surface area contributed by atoms with Crippen LogP contribution in [0.4, 0.5) is 0 Å². The Morgan fingerprint density at radius 2 is 1.85 bits per heavy atom. The Balaban J connectivity index is 0.00000169. The Bertz CT molecular complexity index is 833. The van der Waals surface area contributed by atoms with Crippen molar-refractivity contribution in [1.82, 2.24) is 0 Å². The Hall–Kier alpha value is -0.540. The van der Waals surface area contributed by atoms with Crippen LogP contribution in [0.25, 0.3) is 8.85 Å². The Kier molecular flexibility index (Phi) is 7.81. The molecule has 1 aromatic carbocycles. The van der Waals surface area contributed by atoms with Crippen LogP contribution in [0.15, 0.2) is 42.0 Å². The standard InChI is InChI=1S/C20H23O2Si.2ClH.Zr/c1-13-17(15-9-7-8-10-15)11-16-12-18(22-23(4,5)6)20(21-3)14(2)19(13)16;;;/h7-9,12H,1,10H2,2-6H3;2*1H;/q;;;+2/p-2. The minimum Gasteiger partial charge on any atom is -1.00 e. The van der Waals surface area contributed by atoms with Gasteiger partial charge in [-0.25, -0.2) is 0 Å². The second-order valence-electron chi connectivity index (χ2n) is 7.22. The van der Waals surface area contributed by atoms with Gasteiger partial charge in [0.15, 0.2) is 0 Å². The summed E-state index contributed by atoms with van der Waals surface area (Å²) in [5.74, 6) is 1.72. The van der Waals surface area contributed by atoms with Gasteiger partial charge in [0.25, 0.3) is 0 Å². The van der Waals surface area contributed by atoms with Gasteiger partial charge in [0.05, 0.1) is 0 Å². The zero-order valence-electron chi connectivity index (χ0n) is 15.8. The van der Waals surface area contributed by atoms with Crippen LogP contribution in [0.1, 0.15) is 23.1 Å². The fourth-order valence-electron chi connectivity index (χ4n) is 3.41. The average Bonchev–Trinajstić information content (AvgIpc) is 3.06. The maximum atomic E-state index is 6.32. The number of halogens is 2. The van der Waals surface area contributed by atoms with Crippen LogP contribution in [0.5, 0.6) is 11.5 Å². The fourth-order valence-corrected chi connectivity index (χ4v) is 5.47. The van der Waals surface area contributed by atoms with Crippen molar-refractivity contribution in [2.45, 2.75) is 33.0 Å². The molecule has 0 N–H and O–H groups in total. The maximum absolute atomic E-state index is 6.32. The van der Waals surface area contributed by atoms with Crippen molar-refractivity contribution < 1.29 is 58.7 Å². The minimum atomic E-state index is -1.72. The molecule has 0 spiro atoms. The van der Waals surface area contributed by atoms with Gasteiger partial charge >= 0.3 is 161 Å². The molecule has 0 saturated heterocycles. The van der Waals surface area contributed by atoms with Crippen LogP contribution >= 0.6 is 0 Å². The van der Waals surface area contributed by atoms with Crippen molar-refractivity contribution in [2.24, 2.45) is 0 Å². The molecule has 0 bridgehead atoms.